The summed E-state index contributed by atoms with van der Waals surface area (Å²) in [5.74, 6) is -1.68. The van der Waals surface area contributed by atoms with Crippen LogP contribution in [-0.4, -0.2) is 46.5 Å². The fourth-order valence-corrected chi connectivity index (χ4v) is 6.36. The van der Waals surface area contributed by atoms with Gasteiger partial charge in [-0.25, -0.2) is 0 Å². The SMILES string of the molecule is O=C(CN1C(=O)[C@@H]2[C@@H]3C=C[C@H]([C@H]4C[C@@H]34)[C@@H]2C1=O)OCC(=O)c1ccc(Oc2c(Cl)cccc2[N+](=O)[O-])cc1. The highest BCUT2D eigenvalue weighted by Gasteiger charge is 2.67. The molecule has 4 aliphatic carbocycles. The second kappa shape index (κ2) is 9.05. The molecule has 0 spiro atoms. The van der Waals surface area contributed by atoms with E-state index in [0.717, 1.165) is 11.3 Å². The molecule has 5 aliphatic rings. The second-order valence-corrected chi connectivity index (χ2v) is 10.4. The number of allylic oxidation sites excluding steroid dienone is 2. The molecule has 2 amide bonds. The van der Waals surface area contributed by atoms with Crippen molar-refractivity contribution in [2.24, 2.45) is 35.5 Å². The Morgan fingerprint density at radius 2 is 1.63 bits per heavy atom. The summed E-state index contributed by atoms with van der Waals surface area (Å²) in [6.07, 6.45) is 5.16. The molecule has 0 unspecified atom stereocenters. The first-order valence-electron chi connectivity index (χ1n) is 12.2. The van der Waals surface area contributed by atoms with E-state index in [2.05, 4.69) is 12.2 Å². The summed E-state index contributed by atoms with van der Waals surface area (Å²) in [6, 6.07) is 9.84. The normalized spacial score (nSPS) is 28.1. The Bertz CT molecular complexity index is 1380. The summed E-state index contributed by atoms with van der Waals surface area (Å²) in [7, 11) is 0. The molecule has 2 saturated carbocycles. The van der Waals surface area contributed by atoms with Gasteiger partial charge in [-0.3, -0.25) is 34.2 Å². The zero-order valence-corrected chi connectivity index (χ0v) is 20.6. The lowest BCUT2D eigenvalue weighted by Gasteiger charge is -2.37. The summed E-state index contributed by atoms with van der Waals surface area (Å²) in [4.78, 5) is 62.5. The molecule has 194 valence electrons. The number of carbonyl (C=O) groups is 4. The summed E-state index contributed by atoms with van der Waals surface area (Å²) in [5.41, 5.74) is -0.0977. The minimum absolute atomic E-state index is 0.0567. The molecular weight excluding hydrogens is 516 g/mol. The molecule has 2 bridgehead atoms. The molecular formula is C27H21ClN2O8. The maximum absolute atomic E-state index is 13.0. The zero-order valence-electron chi connectivity index (χ0n) is 19.8. The van der Waals surface area contributed by atoms with Crippen molar-refractivity contribution >= 4 is 40.9 Å². The Morgan fingerprint density at radius 3 is 2.24 bits per heavy atom. The van der Waals surface area contributed by atoms with E-state index in [4.69, 9.17) is 21.1 Å². The lowest BCUT2D eigenvalue weighted by Crippen LogP contribution is -2.40. The van der Waals surface area contributed by atoms with Crippen LogP contribution in [0.1, 0.15) is 16.8 Å². The van der Waals surface area contributed by atoms with Crippen LogP contribution in [0.5, 0.6) is 11.5 Å². The Kier molecular flexibility index (Phi) is 5.79. The number of halogens is 1. The highest BCUT2D eigenvalue weighted by Crippen LogP contribution is 2.65. The van der Waals surface area contributed by atoms with Crippen LogP contribution in [0.4, 0.5) is 5.69 Å². The predicted octanol–water partition coefficient (Wildman–Crippen LogP) is 3.82. The van der Waals surface area contributed by atoms with Crippen molar-refractivity contribution in [3.63, 3.8) is 0 Å². The number of nitrogens with zero attached hydrogens (tertiary/aromatic N) is 2. The van der Waals surface area contributed by atoms with Gasteiger partial charge in [-0.1, -0.05) is 29.8 Å². The summed E-state index contributed by atoms with van der Waals surface area (Å²) >= 11 is 6.04. The van der Waals surface area contributed by atoms with Crippen LogP contribution in [0.3, 0.4) is 0 Å². The number of rotatable bonds is 8. The maximum Gasteiger partial charge on any atom is 0.326 e. The fourth-order valence-electron chi connectivity index (χ4n) is 6.15. The van der Waals surface area contributed by atoms with Gasteiger partial charge in [0.25, 0.3) is 0 Å². The number of likely N-dealkylation sites (tertiary alicyclic amines) is 1. The first kappa shape index (κ1) is 24.3. The molecule has 7 rings (SSSR count). The number of ketones is 1. The van der Waals surface area contributed by atoms with Gasteiger partial charge in [0.05, 0.1) is 21.8 Å². The lowest BCUT2D eigenvalue weighted by molar-refractivity contribution is -0.385. The van der Waals surface area contributed by atoms with E-state index in [1.807, 2.05) is 0 Å². The molecule has 38 heavy (non-hydrogen) atoms. The third-order valence-corrected chi connectivity index (χ3v) is 8.24. The van der Waals surface area contributed by atoms with E-state index in [9.17, 15) is 29.3 Å². The molecule has 1 heterocycles. The van der Waals surface area contributed by atoms with Crippen molar-refractivity contribution in [2.75, 3.05) is 13.2 Å². The van der Waals surface area contributed by atoms with E-state index in [1.165, 1.54) is 42.5 Å². The van der Waals surface area contributed by atoms with Crippen molar-refractivity contribution in [1.82, 2.24) is 4.90 Å². The van der Waals surface area contributed by atoms with Crippen molar-refractivity contribution in [3.05, 3.63) is 75.3 Å². The molecule has 1 aliphatic heterocycles. The van der Waals surface area contributed by atoms with E-state index in [1.54, 1.807) is 0 Å². The van der Waals surface area contributed by atoms with Crippen LogP contribution in [0, 0.1) is 45.6 Å². The highest BCUT2D eigenvalue weighted by molar-refractivity contribution is 6.32. The summed E-state index contributed by atoms with van der Waals surface area (Å²) < 4.78 is 10.6. The van der Waals surface area contributed by atoms with Crippen LogP contribution in [0.15, 0.2) is 54.6 Å². The average Bonchev–Trinajstić information content (AvgIpc) is 3.69. The molecule has 0 radical (unpaired) electrons. The van der Waals surface area contributed by atoms with Crippen LogP contribution in [-0.2, 0) is 19.1 Å². The van der Waals surface area contributed by atoms with Crippen molar-refractivity contribution < 1.29 is 33.6 Å². The molecule has 10 nitrogen and oxygen atoms in total. The minimum Gasteiger partial charge on any atom is -0.456 e. The Labute approximate surface area is 221 Å². The number of hydrogen-bond acceptors (Lipinski definition) is 8. The molecule has 1 saturated heterocycles. The highest BCUT2D eigenvalue weighted by atomic mass is 35.5. The standard InChI is InChI=1S/C27H21ClN2O8/c28-19-2-1-3-20(30(35)36)25(19)38-14-6-4-13(5-7-14)21(31)12-37-22(32)11-29-26(33)23-15-8-9-16(18-10-17(15)18)24(23)27(29)34/h1-9,15-18,23-24H,10-12H2/t15-,16-,17-,18+,23+,24-/m1/s1. The number of Topliss-reactive ketones (excluding diaryl/α,β-unsaturated/α-hetero) is 1. The van der Waals surface area contributed by atoms with Crippen molar-refractivity contribution in [2.45, 2.75) is 6.42 Å². The van der Waals surface area contributed by atoms with Gasteiger partial charge >= 0.3 is 11.7 Å². The second-order valence-electron chi connectivity index (χ2n) is 9.97. The first-order valence-corrected chi connectivity index (χ1v) is 12.6. The third-order valence-electron chi connectivity index (χ3n) is 7.94. The fraction of sp³-hybridized carbons (Fsp3) is 0.333. The van der Waals surface area contributed by atoms with E-state index in [-0.39, 0.29) is 51.4 Å². The average molecular weight is 537 g/mol. The van der Waals surface area contributed by atoms with Crippen molar-refractivity contribution in [1.29, 1.82) is 0 Å². The molecule has 0 N–H and O–H groups in total. The topological polar surface area (TPSA) is 133 Å². The molecule has 2 aromatic rings. The van der Waals surface area contributed by atoms with Crippen LogP contribution in [0.2, 0.25) is 5.02 Å². The number of hydrogen-bond donors (Lipinski definition) is 0. The van der Waals surface area contributed by atoms with E-state index >= 15 is 0 Å². The van der Waals surface area contributed by atoms with Gasteiger partial charge in [0.2, 0.25) is 17.6 Å². The molecule has 3 fully saturated rings. The minimum atomic E-state index is -0.838. The summed E-state index contributed by atoms with van der Waals surface area (Å²) in [6.45, 7) is -1.09. The Morgan fingerprint density at radius 1 is 1.00 bits per heavy atom. The molecule has 2 aromatic carbocycles. The maximum atomic E-state index is 13.0. The third kappa shape index (κ3) is 3.96. The number of imide groups is 1. The lowest BCUT2D eigenvalue weighted by atomic mass is 9.63. The molecule has 6 atom stereocenters. The number of para-hydroxylation sites is 1. The van der Waals surface area contributed by atoms with Crippen LogP contribution >= 0.6 is 11.6 Å². The number of nitro groups is 1. The van der Waals surface area contributed by atoms with E-state index < -0.39 is 41.7 Å². The largest absolute Gasteiger partial charge is 0.456 e. The van der Waals surface area contributed by atoms with Crippen LogP contribution < -0.4 is 4.74 Å². The smallest absolute Gasteiger partial charge is 0.326 e. The first-order chi connectivity index (χ1) is 18.2. The zero-order chi connectivity index (χ0) is 26.7. The predicted molar refractivity (Wildman–Crippen MR) is 131 cm³/mol. The van der Waals surface area contributed by atoms with E-state index in [0.29, 0.717) is 11.8 Å². The number of esters is 1. The number of amides is 2. The number of carbonyl (C=O) groups excluding carboxylic acids is 4. The number of ether oxygens (including phenoxy) is 2. The van der Waals surface area contributed by atoms with Crippen molar-refractivity contribution in [3.8, 4) is 11.5 Å². The van der Waals surface area contributed by atoms with Gasteiger partial charge in [0.1, 0.15) is 12.3 Å². The molecule has 0 aromatic heterocycles. The monoisotopic (exact) mass is 536 g/mol. The quantitative estimate of drug-likeness (QED) is 0.124. The number of nitro benzene ring substituents is 1. The van der Waals surface area contributed by atoms with Gasteiger partial charge in [0, 0.05) is 11.6 Å². The Balaban J connectivity index is 1.04. The van der Waals surface area contributed by atoms with Gasteiger partial charge in [-0.05, 0) is 60.4 Å². The van der Waals surface area contributed by atoms with Crippen LogP contribution in [0.25, 0.3) is 0 Å². The number of benzene rings is 2. The van der Waals surface area contributed by atoms with Gasteiger partial charge in [-0.2, -0.15) is 0 Å². The van der Waals surface area contributed by atoms with Gasteiger partial charge < -0.3 is 9.47 Å². The van der Waals surface area contributed by atoms with Gasteiger partial charge in [0.15, 0.2) is 12.4 Å². The van der Waals surface area contributed by atoms with Gasteiger partial charge in [-0.15, -0.1) is 0 Å². The Hall–Kier alpha value is -4.05. The molecule has 11 heteroatoms. The summed E-state index contributed by atoms with van der Waals surface area (Å²) in [5, 5.41) is 11.3.